The van der Waals surface area contributed by atoms with Crippen LogP contribution in [0.5, 0.6) is 0 Å². The number of hydrogen-bond acceptors (Lipinski definition) is 4. The van der Waals surface area contributed by atoms with Crippen LogP contribution in [0, 0.1) is 57.7 Å². The van der Waals surface area contributed by atoms with E-state index in [1.165, 1.54) is 5.57 Å². The van der Waals surface area contributed by atoms with Crippen LogP contribution in [0.1, 0.15) is 65.7 Å². The van der Waals surface area contributed by atoms with E-state index in [1.54, 1.807) is 6.92 Å². The average molecular weight is 415 g/mol. The predicted molar refractivity (Wildman–Crippen MR) is 117 cm³/mol. The molecule has 4 aliphatic carbocycles. The summed E-state index contributed by atoms with van der Waals surface area (Å²) in [5.74, 6) is 1.04. The number of rotatable bonds is 3. The molecule has 29 heavy (non-hydrogen) atoms. The first-order valence-electron chi connectivity index (χ1n) is 11.2. The van der Waals surface area contributed by atoms with Gasteiger partial charge in [0, 0.05) is 5.92 Å². The van der Waals surface area contributed by atoms with Crippen LogP contribution < -0.4 is 5.73 Å². The molecule has 0 saturated heterocycles. The van der Waals surface area contributed by atoms with Gasteiger partial charge < -0.3 is 10.8 Å². The van der Waals surface area contributed by atoms with Crippen LogP contribution in [0.4, 0.5) is 0 Å². The molecule has 0 unspecified atom stereocenters. The first-order chi connectivity index (χ1) is 13.6. The molecular formula is C24H34N2O2S. The second-order valence-corrected chi connectivity index (χ2v) is 11.2. The van der Waals surface area contributed by atoms with Gasteiger partial charge in [-0.3, -0.25) is 4.79 Å². The molecule has 4 aliphatic rings. The standard InChI is InChI=1S/C24H34N2O2S/c1-13(27)21-17(18(12-25)22(26)29)11-20-16-5-4-14-10-15(28)6-8-23(14,2)19(16)7-9-24(20,21)3/h4,15-21,28H,5-11H2,1-3H3,(H2,26,29)/t15-,16+,17-,18-,19-,20+,21+,23-,24-/m0/s1. The molecule has 158 valence electrons. The van der Waals surface area contributed by atoms with E-state index >= 15 is 0 Å². The minimum Gasteiger partial charge on any atom is -0.393 e. The Bertz CT molecular complexity index is 801. The molecule has 0 aromatic carbocycles. The van der Waals surface area contributed by atoms with E-state index in [2.05, 4.69) is 26.0 Å². The van der Waals surface area contributed by atoms with Crippen molar-refractivity contribution >= 4 is 23.0 Å². The molecule has 4 rings (SSSR count). The topological polar surface area (TPSA) is 87.1 Å². The van der Waals surface area contributed by atoms with Crippen molar-refractivity contribution in [2.24, 2.45) is 52.1 Å². The number of nitrogens with two attached hydrogens (primary N) is 1. The minimum absolute atomic E-state index is 0.0601. The van der Waals surface area contributed by atoms with Crippen LogP contribution in [-0.2, 0) is 4.79 Å². The van der Waals surface area contributed by atoms with Crippen LogP contribution in [-0.4, -0.2) is 22.0 Å². The molecule has 0 heterocycles. The number of carbonyl (C=O) groups is 1. The predicted octanol–water partition coefficient (Wildman–Crippen LogP) is 4.17. The second kappa shape index (κ2) is 7.17. The highest BCUT2D eigenvalue weighted by Crippen LogP contribution is 2.68. The molecule has 0 amide bonds. The van der Waals surface area contributed by atoms with Gasteiger partial charge in [0.15, 0.2) is 0 Å². The van der Waals surface area contributed by atoms with Crippen molar-refractivity contribution in [3.05, 3.63) is 11.6 Å². The minimum atomic E-state index is -0.519. The van der Waals surface area contributed by atoms with Crippen molar-refractivity contribution in [3.8, 4) is 6.07 Å². The molecule has 4 nitrogen and oxygen atoms in total. The SMILES string of the molecule is CC(=O)[C@@H]1[C@H]([C@H](C#N)C(N)=S)C[C@@H]2[C@@H]3CC=C4C[C@@H](O)CC[C@]4(C)[C@H]3CC[C@@]21C. The summed E-state index contributed by atoms with van der Waals surface area (Å²) in [5, 5.41) is 20.0. The number of ketones is 1. The van der Waals surface area contributed by atoms with Gasteiger partial charge in [-0.2, -0.15) is 5.26 Å². The molecule has 5 heteroatoms. The van der Waals surface area contributed by atoms with Crippen molar-refractivity contribution < 1.29 is 9.90 Å². The fourth-order valence-corrected chi connectivity index (χ4v) is 8.43. The number of carbonyl (C=O) groups excluding carboxylic acids is 1. The Morgan fingerprint density at radius 1 is 1.34 bits per heavy atom. The number of nitriles is 1. The third-order valence-corrected chi connectivity index (χ3v) is 9.75. The normalized spacial score (nSPS) is 47.1. The lowest BCUT2D eigenvalue weighted by Crippen LogP contribution is -2.51. The summed E-state index contributed by atoms with van der Waals surface area (Å²) in [6, 6.07) is 2.33. The van der Waals surface area contributed by atoms with E-state index < -0.39 is 5.92 Å². The highest BCUT2D eigenvalue weighted by atomic mass is 32.1. The summed E-state index contributed by atoms with van der Waals surface area (Å²) in [5.41, 5.74) is 7.49. The molecule has 0 radical (unpaired) electrons. The molecule has 3 fully saturated rings. The number of hydrogen-bond donors (Lipinski definition) is 2. The maximum atomic E-state index is 12.8. The van der Waals surface area contributed by atoms with Crippen molar-refractivity contribution in [1.82, 2.24) is 0 Å². The Labute approximate surface area is 179 Å². The van der Waals surface area contributed by atoms with E-state index in [0.29, 0.717) is 17.8 Å². The summed E-state index contributed by atoms with van der Waals surface area (Å²) in [4.78, 5) is 13.1. The lowest BCUT2D eigenvalue weighted by molar-refractivity contribution is -0.129. The number of fused-ring (bicyclic) bond motifs is 5. The molecule has 0 aromatic rings. The maximum absolute atomic E-state index is 12.8. The van der Waals surface area contributed by atoms with Crippen LogP contribution in [0.15, 0.2) is 11.6 Å². The monoisotopic (exact) mass is 414 g/mol. The lowest BCUT2D eigenvalue weighted by atomic mass is 9.47. The number of Topliss-reactive ketones (excluding diaryl/α,β-unsaturated/α-hetero) is 1. The van der Waals surface area contributed by atoms with Crippen molar-refractivity contribution in [3.63, 3.8) is 0 Å². The molecule has 3 N–H and O–H groups in total. The van der Waals surface area contributed by atoms with Gasteiger partial charge in [-0.1, -0.05) is 37.7 Å². The molecule has 9 atom stereocenters. The Balaban J connectivity index is 1.71. The van der Waals surface area contributed by atoms with Gasteiger partial charge in [0.2, 0.25) is 0 Å². The Hall–Kier alpha value is -1.25. The number of allylic oxidation sites excluding steroid dienone is 1. The highest BCUT2D eigenvalue weighted by Gasteiger charge is 2.63. The van der Waals surface area contributed by atoms with E-state index in [9.17, 15) is 15.2 Å². The van der Waals surface area contributed by atoms with Gasteiger partial charge in [0.1, 0.15) is 5.78 Å². The number of aliphatic hydroxyl groups is 1. The quantitative estimate of drug-likeness (QED) is 0.535. The lowest BCUT2D eigenvalue weighted by Gasteiger charge is -2.57. The van der Waals surface area contributed by atoms with Gasteiger partial charge in [-0.05, 0) is 86.4 Å². The molecule has 0 spiro atoms. The largest absolute Gasteiger partial charge is 0.393 e. The molecule has 0 aromatic heterocycles. The Morgan fingerprint density at radius 2 is 2.07 bits per heavy atom. The van der Waals surface area contributed by atoms with Crippen molar-refractivity contribution in [1.29, 1.82) is 5.26 Å². The van der Waals surface area contributed by atoms with Gasteiger partial charge in [-0.25, -0.2) is 0 Å². The van der Waals surface area contributed by atoms with E-state index in [4.69, 9.17) is 18.0 Å². The van der Waals surface area contributed by atoms with Gasteiger partial charge in [0.25, 0.3) is 0 Å². The highest BCUT2D eigenvalue weighted by molar-refractivity contribution is 7.80. The van der Waals surface area contributed by atoms with Crippen molar-refractivity contribution in [2.75, 3.05) is 0 Å². The molecule has 0 bridgehead atoms. The zero-order valence-corrected chi connectivity index (χ0v) is 18.7. The van der Waals surface area contributed by atoms with E-state index in [-0.39, 0.29) is 39.5 Å². The van der Waals surface area contributed by atoms with Crippen LogP contribution in [0.25, 0.3) is 0 Å². The van der Waals surface area contributed by atoms with E-state index in [0.717, 1.165) is 44.9 Å². The molecule has 3 saturated carbocycles. The fraction of sp³-hybridized carbons (Fsp3) is 0.792. The molecule has 0 aliphatic heterocycles. The van der Waals surface area contributed by atoms with E-state index in [1.807, 2.05) is 0 Å². The third kappa shape index (κ3) is 3.01. The summed E-state index contributed by atoms with van der Waals surface area (Å²) in [7, 11) is 0. The smallest absolute Gasteiger partial charge is 0.133 e. The first kappa shape index (κ1) is 21.0. The number of thiocarbonyl (C=S) groups is 1. The van der Waals surface area contributed by atoms with Gasteiger partial charge in [0.05, 0.1) is 23.1 Å². The van der Waals surface area contributed by atoms with Gasteiger partial charge >= 0.3 is 0 Å². The molecular weight excluding hydrogens is 380 g/mol. The zero-order valence-electron chi connectivity index (χ0n) is 17.9. The van der Waals surface area contributed by atoms with Crippen LogP contribution in [0.2, 0.25) is 0 Å². The second-order valence-electron chi connectivity index (χ2n) is 10.7. The summed E-state index contributed by atoms with van der Waals surface area (Å²) >= 11 is 5.22. The number of aliphatic hydroxyl groups excluding tert-OH is 1. The summed E-state index contributed by atoms with van der Waals surface area (Å²) < 4.78 is 0. The van der Waals surface area contributed by atoms with Crippen molar-refractivity contribution in [2.45, 2.75) is 71.8 Å². The van der Waals surface area contributed by atoms with Gasteiger partial charge in [-0.15, -0.1) is 0 Å². The Kier molecular flexibility index (Phi) is 5.19. The van der Waals surface area contributed by atoms with Crippen LogP contribution >= 0.6 is 12.2 Å². The number of nitrogens with zero attached hydrogens (tertiary/aromatic N) is 1. The first-order valence-corrected chi connectivity index (χ1v) is 11.6. The maximum Gasteiger partial charge on any atom is 0.133 e. The average Bonchev–Trinajstić information content (AvgIpc) is 2.95. The fourth-order valence-electron chi connectivity index (χ4n) is 8.20. The van der Waals surface area contributed by atoms with Crippen LogP contribution in [0.3, 0.4) is 0 Å². The third-order valence-electron chi connectivity index (χ3n) is 9.49. The summed E-state index contributed by atoms with van der Waals surface area (Å²) in [6.45, 7) is 6.39. The zero-order chi connectivity index (χ0) is 21.1. The Morgan fingerprint density at radius 3 is 2.69 bits per heavy atom. The summed E-state index contributed by atoms with van der Waals surface area (Å²) in [6.07, 6.45) is 9.03.